The Labute approximate surface area is 171 Å². The molecule has 0 atom stereocenters. The van der Waals surface area contributed by atoms with Gasteiger partial charge in [0.15, 0.2) is 11.5 Å². The summed E-state index contributed by atoms with van der Waals surface area (Å²) in [5, 5.41) is 3.20. The summed E-state index contributed by atoms with van der Waals surface area (Å²) in [6, 6.07) is 16.0. The SMILES string of the molecule is O=C(CNc1ccc2c(c1)OCCO2)N1CCN(C/C=C/c2ccccc2)CC1. The Morgan fingerprint density at radius 1 is 0.966 bits per heavy atom. The zero-order chi connectivity index (χ0) is 19.9. The fourth-order valence-corrected chi connectivity index (χ4v) is 3.52. The fraction of sp³-hybridized carbons (Fsp3) is 0.348. The first-order valence-electron chi connectivity index (χ1n) is 10.1. The molecule has 0 aromatic heterocycles. The van der Waals surface area contributed by atoms with E-state index in [1.807, 2.05) is 41.3 Å². The lowest BCUT2D eigenvalue weighted by atomic mass is 10.2. The standard InChI is InChI=1S/C23H27N3O3/c27-23(18-24-20-8-9-21-22(17-20)29-16-15-28-21)26-13-11-25(12-14-26)10-4-7-19-5-2-1-3-6-19/h1-9,17,24H,10-16,18H2/b7-4+. The van der Waals surface area contributed by atoms with Crippen molar-refractivity contribution >= 4 is 17.7 Å². The third kappa shape index (κ3) is 5.29. The molecule has 1 amide bonds. The number of nitrogens with one attached hydrogen (secondary N) is 1. The van der Waals surface area contributed by atoms with E-state index in [0.29, 0.717) is 13.2 Å². The van der Waals surface area contributed by atoms with Crippen molar-refractivity contribution in [2.75, 3.05) is 57.8 Å². The summed E-state index contributed by atoms with van der Waals surface area (Å²) in [5.74, 6) is 1.61. The second-order valence-electron chi connectivity index (χ2n) is 7.21. The first-order valence-corrected chi connectivity index (χ1v) is 10.1. The Kier molecular flexibility index (Phi) is 6.32. The van der Waals surface area contributed by atoms with Gasteiger partial charge in [-0.3, -0.25) is 9.69 Å². The highest BCUT2D eigenvalue weighted by atomic mass is 16.6. The number of ether oxygens (including phenoxy) is 2. The summed E-state index contributed by atoms with van der Waals surface area (Å²) in [5.41, 5.74) is 2.08. The maximum atomic E-state index is 12.5. The first kappa shape index (κ1) is 19.3. The number of piperazine rings is 1. The van der Waals surface area contributed by atoms with E-state index in [1.54, 1.807) is 0 Å². The molecule has 4 rings (SSSR count). The minimum Gasteiger partial charge on any atom is -0.486 e. The summed E-state index contributed by atoms with van der Waals surface area (Å²) in [7, 11) is 0. The normalized spacial score (nSPS) is 16.8. The number of carbonyl (C=O) groups excluding carboxylic acids is 1. The van der Waals surface area contributed by atoms with Crippen molar-refractivity contribution in [2.45, 2.75) is 0 Å². The fourth-order valence-electron chi connectivity index (χ4n) is 3.52. The van der Waals surface area contributed by atoms with Crippen LogP contribution in [0.25, 0.3) is 6.08 Å². The van der Waals surface area contributed by atoms with E-state index >= 15 is 0 Å². The second kappa shape index (κ2) is 9.47. The van der Waals surface area contributed by atoms with Crippen LogP contribution in [0.2, 0.25) is 0 Å². The van der Waals surface area contributed by atoms with Gasteiger partial charge in [-0.05, 0) is 17.7 Å². The molecular weight excluding hydrogens is 366 g/mol. The minimum atomic E-state index is 0.124. The van der Waals surface area contributed by atoms with Crippen LogP contribution in [0.1, 0.15) is 5.56 Å². The lowest BCUT2D eigenvalue weighted by Crippen LogP contribution is -2.50. The highest BCUT2D eigenvalue weighted by Crippen LogP contribution is 2.32. The van der Waals surface area contributed by atoms with Crippen molar-refractivity contribution in [3.63, 3.8) is 0 Å². The zero-order valence-corrected chi connectivity index (χ0v) is 16.5. The molecule has 29 heavy (non-hydrogen) atoms. The summed E-state index contributed by atoms with van der Waals surface area (Å²) in [6.07, 6.45) is 4.34. The van der Waals surface area contributed by atoms with Gasteiger partial charge < -0.3 is 19.7 Å². The van der Waals surface area contributed by atoms with Gasteiger partial charge in [-0.25, -0.2) is 0 Å². The Balaban J connectivity index is 1.19. The van der Waals surface area contributed by atoms with Crippen LogP contribution in [0.5, 0.6) is 11.5 Å². The number of hydrogen-bond acceptors (Lipinski definition) is 5. The van der Waals surface area contributed by atoms with Gasteiger partial charge in [0, 0.05) is 44.5 Å². The monoisotopic (exact) mass is 393 g/mol. The lowest BCUT2D eigenvalue weighted by Gasteiger charge is -2.34. The molecule has 2 aliphatic heterocycles. The van der Waals surface area contributed by atoms with Crippen molar-refractivity contribution in [1.29, 1.82) is 0 Å². The van der Waals surface area contributed by atoms with Crippen molar-refractivity contribution in [2.24, 2.45) is 0 Å². The van der Waals surface area contributed by atoms with Crippen LogP contribution in [0.4, 0.5) is 5.69 Å². The molecule has 1 saturated heterocycles. The molecule has 2 aliphatic rings. The summed E-state index contributed by atoms with van der Waals surface area (Å²) < 4.78 is 11.1. The van der Waals surface area contributed by atoms with Crippen molar-refractivity contribution < 1.29 is 14.3 Å². The molecule has 0 saturated carbocycles. The summed E-state index contributed by atoms with van der Waals surface area (Å²) in [4.78, 5) is 16.8. The molecule has 2 aromatic rings. The highest BCUT2D eigenvalue weighted by Gasteiger charge is 2.20. The number of carbonyl (C=O) groups is 1. The van der Waals surface area contributed by atoms with E-state index < -0.39 is 0 Å². The van der Waals surface area contributed by atoms with Crippen LogP contribution in [0.3, 0.4) is 0 Å². The number of anilines is 1. The highest BCUT2D eigenvalue weighted by molar-refractivity contribution is 5.81. The topological polar surface area (TPSA) is 54.0 Å². The van der Waals surface area contributed by atoms with Gasteiger partial charge in [-0.1, -0.05) is 42.5 Å². The Morgan fingerprint density at radius 3 is 2.52 bits per heavy atom. The number of amides is 1. The average Bonchev–Trinajstić information content (AvgIpc) is 2.78. The molecule has 0 spiro atoms. The molecule has 152 valence electrons. The van der Waals surface area contributed by atoms with E-state index in [4.69, 9.17) is 9.47 Å². The first-order chi connectivity index (χ1) is 14.3. The van der Waals surface area contributed by atoms with Gasteiger partial charge in [-0.15, -0.1) is 0 Å². The van der Waals surface area contributed by atoms with E-state index in [1.165, 1.54) is 5.56 Å². The molecule has 0 unspecified atom stereocenters. The van der Waals surface area contributed by atoms with E-state index in [0.717, 1.165) is 49.9 Å². The maximum Gasteiger partial charge on any atom is 0.241 e. The second-order valence-corrected chi connectivity index (χ2v) is 7.21. The number of nitrogens with zero attached hydrogens (tertiary/aromatic N) is 2. The van der Waals surface area contributed by atoms with Crippen LogP contribution >= 0.6 is 0 Å². The molecule has 1 fully saturated rings. The number of fused-ring (bicyclic) bond motifs is 1. The zero-order valence-electron chi connectivity index (χ0n) is 16.5. The number of rotatable bonds is 6. The Morgan fingerprint density at radius 2 is 1.72 bits per heavy atom. The molecular formula is C23H27N3O3. The quantitative estimate of drug-likeness (QED) is 0.818. The predicted molar refractivity (Wildman–Crippen MR) is 114 cm³/mol. The minimum absolute atomic E-state index is 0.124. The van der Waals surface area contributed by atoms with Gasteiger partial charge in [0.2, 0.25) is 5.91 Å². The van der Waals surface area contributed by atoms with E-state index in [-0.39, 0.29) is 12.5 Å². The average molecular weight is 393 g/mol. The summed E-state index contributed by atoms with van der Waals surface area (Å²) in [6.45, 7) is 5.65. The number of benzene rings is 2. The number of hydrogen-bond donors (Lipinski definition) is 1. The maximum absolute atomic E-state index is 12.5. The van der Waals surface area contributed by atoms with E-state index in [2.05, 4.69) is 34.5 Å². The third-order valence-electron chi connectivity index (χ3n) is 5.18. The summed E-state index contributed by atoms with van der Waals surface area (Å²) >= 11 is 0. The molecule has 2 aromatic carbocycles. The lowest BCUT2D eigenvalue weighted by molar-refractivity contribution is -0.130. The largest absolute Gasteiger partial charge is 0.486 e. The van der Waals surface area contributed by atoms with Gasteiger partial charge in [0.25, 0.3) is 0 Å². The van der Waals surface area contributed by atoms with Crippen molar-refractivity contribution in [1.82, 2.24) is 9.80 Å². The molecule has 2 heterocycles. The molecule has 6 nitrogen and oxygen atoms in total. The molecule has 0 radical (unpaired) electrons. The van der Waals surface area contributed by atoms with Crippen LogP contribution in [-0.4, -0.2) is 68.2 Å². The van der Waals surface area contributed by atoms with Crippen LogP contribution in [-0.2, 0) is 4.79 Å². The van der Waals surface area contributed by atoms with Gasteiger partial charge in [0.05, 0.1) is 6.54 Å². The van der Waals surface area contributed by atoms with Crippen LogP contribution in [0, 0.1) is 0 Å². The Hall–Kier alpha value is -2.99. The smallest absolute Gasteiger partial charge is 0.241 e. The van der Waals surface area contributed by atoms with Crippen LogP contribution < -0.4 is 14.8 Å². The van der Waals surface area contributed by atoms with Gasteiger partial charge in [0.1, 0.15) is 13.2 Å². The van der Waals surface area contributed by atoms with E-state index in [9.17, 15) is 4.79 Å². The third-order valence-corrected chi connectivity index (χ3v) is 5.18. The van der Waals surface area contributed by atoms with Crippen LogP contribution in [0.15, 0.2) is 54.6 Å². The van der Waals surface area contributed by atoms with Crippen molar-refractivity contribution in [3.05, 3.63) is 60.2 Å². The van der Waals surface area contributed by atoms with Gasteiger partial charge >= 0.3 is 0 Å². The van der Waals surface area contributed by atoms with Crippen molar-refractivity contribution in [3.8, 4) is 11.5 Å². The molecule has 0 bridgehead atoms. The van der Waals surface area contributed by atoms with Gasteiger partial charge in [-0.2, -0.15) is 0 Å². The predicted octanol–water partition coefficient (Wildman–Crippen LogP) is 2.73. The Bertz CT molecular complexity index is 846. The molecule has 1 N–H and O–H groups in total. The molecule has 6 heteroatoms. The molecule has 0 aliphatic carbocycles.